The normalized spacial score (nSPS) is 13.3. The maximum absolute atomic E-state index is 13.0. The second-order valence-corrected chi connectivity index (χ2v) is 6.09. The zero-order chi connectivity index (χ0) is 16.2. The fourth-order valence-electron chi connectivity index (χ4n) is 1.96. The molecular formula is C14H17BrF3NO2. The molecule has 0 aliphatic heterocycles. The van der Waals surface area contributed by atoms with Crippen molar-refractivity contribution < 1.29 is 23.1 Å². The van der Waals surface area contributed by atoms with Gasteiger partial charge in [-0.05, 0) is 30.5 Å². The molecule has 1 aromatic rings. The molecule has 0 aliphatic rings. The Bertz CT molecular complexity index is 503. The van der Waals surface area contributed by atoms with Crippen molar-refractivity contribution in [3.8, 4) is 0 Å². The van der Waals surface area contributed by atoms with E-state index in [0.29, 0.717) is 6.42 Å². The van der Waals surface area contributed by atoms with Crippen molar-refractivity contribution in [1.29, 1.82) is 0 Å². The van der Waals surface area contributed by atoms with Crippen LogP contribution < -0.4 is 5.32 Å². The molecule has 0 radical (unpaired) electrons. The van der Waals surface area contributed by atoms with Crippen LogP contribution in [0.5, 0.6) is 0 Å². The first-order valence-electron chi connectivity index (χ1n) is 6.43. The Morgan fingerprint density at radius 1 is 1.38 bits per heavy atom. The third-order valence-electron chi connectivity index (χ3n) is 2.84. The number of amides is 1. The number of halogens is 4. The number of aliphatic hydroxyl groups excluding tert-OH is 1. The maximum Gasteiger partial charge on any atom is 0.417 e. The summed E-state index contributed by atoms with van der Waals surface area (Å²) in [5, 5.41) is 11.6. The molecule has 3 nitrogen and oxygen atoms in total. The van der Waals surface area contributed by atoms with Crippen molar-refractivity contribution in [3.63, 3.8) is 0 Å². The number of hydrogen-bond acceptors (Lipinski definition) is 2. The summed E-state index contributed by atoms with van der Waals surface area (Å²) in [6, 6.07) is 2.79. The lowest BCUT2D eigenvalue weighted by molar-refractivity contribution is -0.138. The van der Waals surface area contributed by atoms with Gasteiger partial charge in [-0.1, -0.05) is 29.8 Å². The predicted molar refractivity (Wildman–Crippen MR) is 76.9 cm³/mol. The monoisotopic (exact) mass is 367 g/mol. The Morgan fingerprint density at radius 2 is 2.00 bits per heavy atom. The van der Waals surface area contributed by atoms with Gasteiger partial charge in [0, 0.05) is 4.47 Å². The van der Waals surface area contributed by atoms with E-state index in [1.165, 1.54) is 6.07 Å². The topological polar surface area (TPSA) is 49.3 Å². The van der Waals surface area contributed by atoms with E-state index < -0.39 is 29.3 Å². The summed E-state index contributed by atoms with van der Waals surface area (Å²) in [6.07, 6.45) is -4.14. The molecule has 0 saturated carbocycles. The largest absolute Gasteiger partial charge is 0.417 e. The lowest BCUT2D eigenvalue weighted by Crippen LogP contribution is -2.39. The molecule has 7 heteroatoms. The van der Waals surface area contributed by atoms with Gasteiger partial charge in [0.1, 0.15) is 0 Å². The Labute approximate surface area is 129 Å². The average molecular weight is 368 g/mol. The van der Waals surface area contributed by atoms with Crippen molar-refractivity contribution in [1.82, 2.24) is 5.32 Å². The fraction of sp³-hybridized carbons (Fsp3) is 0.500. The van der Waals surface area contributed by atoms with Gasteiger partial charge in [-0.25, -0.2) is 0 Å². The van der Waals surface area contributed by atoms with E-state index in [9.17, 15) is 23.1 Å². The van der Waals surface area contributed by atoms with Gasteiger partial charge in [-0.2, -0.15) is 13.2 Å². The fourth-order valence-corrected chi connectivity index (χ4v) is 2.32. The summed E-state index contributed by atoms with van der Waals surface area (Å²) in [5.74, 6) is -0.635. The summed E-state index contributed by atoms with van der Waals surface area (Å²) >= 11 is 2.96. The highest BCUT2D eigenvalue weighted by Crippen LogP contribution is 2.33. The van der Waals surface area contributed by atoms with E-state index in [1.54, 1.807) is 0 Å². The molecule has 0 aliphatic carbocycles. The van der Waals surface area contributed by atoms with E-state index in [2.05, 4.69) is 21.2 Å². The van der Waals surface area contributed by atoms with E-state index in [-0.39, 0.29) is 17.0 Å². The minimum atomic E-state index is -4.62. The van der Waals surface area contributed by atoms with Crippen LogP contribution in [0.1, 0.15) is 36.2 Å². The molecule has 0 fully saturated rings. The van der Waals surface area contributed by atoms with Crippen LogP contribution >= 0.6 is 15.9 Å². The van der Waals surface area contributed by atoms with Crippen molar-refractivity contribution in [3.05, 3.63) is 33.8 Å². The molecule has 21 heavy (non-hydrogen) atoms. The van der Waals surface area contributed by atoms with Gasteiger partial charge in [-0.15, -0.1) is 0 Å². The molecule has 1 amide bonds. The van der Waals surface area contributed by atoms with E-state index >= 15 is 0 Å². The molecule has 0 aromatic heterocycles. The smallest absolute Gasteiger partial charge is 0.394 e. The minimum absolute atomic E-state index is 0.203. The standard InChI is InChI=1S/C14H17BrF3NO2/c1-8(2)5-10(7-20)19-13(21)11-4-3-9(15)6-12(11)14(16,17)18/h3-4,6,8,10,20H,5,7H2,1-2H3,(H,19,21). The predicted octanol–water partition coefficient (Wildman–Crippen LogP) is 3.60. The van der Waals surface area contributed by atoms with E-state index in [0.717, 1.165) is 12.1 Å². The van der Waals surface area contributed by atoms with Crippen LogP contribution in [0.3, 0.4) is 0 Å². The Morgan fingerprint density at radius 3 is 2.48 bits per heavy atom. The van der Waals surface area contributed by atoms with Crippen LogP contribution in [0.25, 0.3) is 0 Å². The molecule has 1 rings (SSSR count). The van der Waals surface area contributed by atoms with E-state index in [4.69, 9.17) is 0 Å². The first-order valence-corrected chi connectivity index (χ1v) is 7.23. The van der Waals surface area contributed by atoms with Gasteiger partial charge < -0.3 is 10.4 Å². The number of benzene rings is 1. The lowest BCUT2D eigenvalue weighted by atomic mass is 10.0. The summed E-state index contributed by atoms with van der Waals surface area (Å²) < 4.78 is 39.1. The van der Waals surface area contributed by atoms with Gasteiger partial charge in [0.15, 0.2) is 0 Å². The molecule has 2 N–H and O–H groups in total. The molecule has 118 valence electrons. The van der Waals surface area contributed by atoms with Gasteiger partial charge in [0.05, 0.1) is 23.8 Å². The number of carbonyl (C=O) groups excluding carboxylic acids is 1. The Hall–Kier alpha value is -1.08. The first-order chi connectivity index (χ1) is 9.65. The zero-order valence-electron chi connectivity index (χ0n) is 11.7. The molecule has 0 saturated heterocycles. The number of rotatable bonds is 5. The van der Waals surface area contributed by atoms with Crippen LogP contribution in [-0.2, 0) is 6.18 Å². The van der Waals surface area contributed by atoms with Gasteiger partial charge in [0.25, 0.3) is 5.91 Å². The van der Waals surface area contributed by atoms with E-state index in [1.807, 2.05) is 13.8 Å². The average Bonchev–Trinajstić information content (AvgIpc) is 2.36. The maximum atomic E-state index is 13.0. The van der Waals surface area contributed by atoms with Crippen LogP contribution in [0.2, 0.25) is 0 Å². The molecule has 0 heterocycles. The van der Waals surface area contributed by atoms with Gasteiger partial charge >= 0.3 is 6.18 Å². The summed E-state index contributed by atoms with van der Waals surface area (Å²) in [5.41, 5.74) is -1.46. The Balaban J connectivity index is 3.02. The van der Waals surface area contributed by atoms with Crippen molar-refractivity contribution in [2.24, 2.45) is 5.92 Å². The molecule has 0 bridgehead atoms. The zero-order valence-corrected chi connectivity index (χ0v) is 13.3. The van der Waals surface area contributed by atoms with Crippen LogP contribution in [0.4, 0.5) is 13.2 Å². The second kappa shape index (κ2) is 7.26. The van der Waals surface area contributed by atoms with Crippen LogP contribution in [0.15, 0.2) is 22.7 Å². The van der Waals surface area contributed by atoms with Crippen LogP contribution in [0, 0.1) is 5.92 Å². The van der Waals surface area contributed by atoms with Crippen molar-refractivity contribution in [2.45, 2.75) is 32.5 Å². The lowest BCUT2D eigenvalue weighted by Gasteiger charge is -2.20. The highest BCUT2D eigenvalue weighted by molar-refractivity contribution is 9.10. The summed E-state index contributed by atoms with van der Waals surface area (Å²) in [7, 11) is 0. The summed E-state index contributed by atoms with van der Waals surface area (Å²) in [4.78, 5) is 12.0. The molecule has 0 spiro atoms. The SMILES string of the molecule is CC(C)CC(CO)NC(=O)c1ccc(Br)cc1C(F)(F)F. The van der Waals surface area contributed by atoms with Crippen molar-refractivity contribution in [2.75, 3.05) is 6.61 Å². The third-order valence-corrected chi connectivity index (χ3v) is 3.34. The Kier molecular flexibility index (Phi) is 6.22. The minimum Gasteiger partial charge on any atom is -0.394 e. The third kappa shape index (κ3) is 5.32. The highest BCUT2D eigenvalue weighted by Gasteiger charge is 2.35. The van der Waals surface area contributed by atoms with Gasteiger partial charge in [-0.3, -0.25) is 4.79 Å². The summed E-state index contributed by atoms with van der Waals surface area (Å²) in [6.45, 7) is 3.48. The van der Waals surface area contributed by atoms with Crippen LogP contribution in [-0.4, -0.2) is 23.7 Å². The molecule has 1 aromatic carbocycles. The number of nitrogens with one attached hydrogen (secondary N) is 1. The molecular weight excluding hydrogens is 351 g/mol. The quantitative estimate of drug-likeness (QED) is 0.835. The highest BCUT2D eigenvalue weighted by atomic mass is 79.9. The van der Waals surface area contributed by atoms with Crippen molar-refractivity contribution >= 4 is 21.8 Å². The van der Waals surface area contributed by atoms with Gasteiger partial charge in [0.2, 0.25) is 0 Å². The number of aliphatic hydroxyl groups is 1. The molecule has 1 unspecified atom stereocenters. The number of carbonyl (C=O) groups is 1. The number of hydrogen-bond donors (Lipinski definition) is 2. The first kappa shape index (κ1) is 18.0. The number of alkyl halides is 3. The second-order valence-electron chi connectivity index (χ2n) is 5.17. The molecule has 1 atom stereocenters.